The average molecular weight is 343 g/mol. The number of carboxylic acid groups (broad SMARTS) is 1. The molecule has 1 aliphatic heterocycles. The number of rotatable bonds is 3. The Bertz CT molecular complexity index is 810. The minimum absolute atomic E-state index is 0.0321. The zero-order valence-electron chi connectivity index (χ0n) is 14.5. The van der Waals surface area contributed by atoms with Crippen LogP contribution in [0.2, 0.25) is 0 Å². The number of morpholine rings is 1. The van der Waals surface area contributed by atoms with E-state index in [1.54, 1.807) is 4.90 Å². The number of aryl methyl sites for hydroxylation is 2. The second kappa shape index (κ2) is 6.72. The Balaban J connectivity index is 1.83. The first kappa shape index (κ1) is 17.2. The number of furan rings is 1. The van der Waals surface area contributed by atoms with Crippen LogP contribution in [-0.2, 0) is 4.74 Å². The van der Waals surface area contributed by atoms with Crippen LogP contribution in [0.1, 0.15) is 50.6 Å². The van der Waals surface area contributed by atoms with Gasteiger partial charge in [0.2, 0.25) is 0 Å². The van der Waals surface area contributed by atoms with Gasteiger partial charge in [-0.1, -0.05) is 23.8 Å². The van der Waals surface area contributed by atoms with E-state index in [1.807, 2.05) is 32.9 Å². The number of hydrogen-bond donors (Lipinski definition) is 1. The minimum atomic E-state index is -1.12. The van der Waals surface area contributed by atoms with E-state index in [0.717, 1.165) is 23.0 Å². The maximum absolute atomic E-state index is 12.8. The predicted molar refractivity (Wildman–Crippen MR) is 90.8 cm³/mol. The van der Waals surface area contributed by atoms with E-state index in [-0.39, 0.29) is 29.4 Å². The Morgan fingerprint density at radius 3 is 2.68 bits per heavy atom. The number of hydrogen-bond acceptors (Lipinski definition) is 4. The Labute approximate surface area is 146 Å². The van der Waals surface area contributed by atoms with E-state index in [9.17, 15) is 9.59 Å². The van der Waals surface area contributed by atoms with E-state index >= 15 is 0 Å². The van der Waals surface area contributed by atoms with Crippen molar-refractivity contribution in [1.29, 1.82) is 0 Å². The van der Waals surface area contributed by atoms with Crippen molar-refractivity contribution in [2.24, 2.45) is 0 Å². The molecular formula is C19H21NO5. The van der Waals surface area contributed by atoms with Crippen molar-refractivity contribution in [1.82, 2.24) is 4.90 Å². The topological polar surface area (TPSA) is 80.0 Å². The van der Waals surface area contributed by atoms with Gasteiger partial charge in [0.1, 0.15) is 12.4 Å². The quantitative estimate of drug-likeness (QED) is 0.926. The van der Waals surface area contributed by atoms with Crippen molar-refractivity contribution in [2.75, 3.05) is 13.2 Å². The van der Waals surface area contributed by atoms with Crippen molar-refractivity contribution in [3.63, 3.8) is 0 Å². The van der Waals surface area contributed by atoms with Gasteiger partial charge < -0.3 is 19.2 Å². The highest BCUT2D eigenvalue weighted by molar-refractivity contribution is 5.95. The molecule has 3 rings (SSSR count). The van der Waals surface area contributed by atoms with Gasteiger partial charge >= 0.3 is 5.97 Å². The Kier molecular flexibility index (Phi) is 4.63. The number of carbonyl (C=O) groups is 2. The fourth-order valence-corrected chi connectivity index (χ4v) is 3.04. The number of carboxylic acids is 1. The second-order valence-corrected chi connectivity index (χ2v) is 6.49. The fraction of sp³-hybridized carbons (Fsp3) is 0.368. The highest BCUT2D eigenvalue weighted by atomic mass is 16.5. The van der Waals surface area contributed by atoms with E-state index in [2.05, 4.69) is 6.07 Å². The van der Waals surface area contributed by atoms with Crippen LogP contribution in [0.4, 0.5) is 0 Å². The third kappa shape index (κ3) is 3.44. The van der Waals surface area contributed by atoms with Crippen molar-refractivity contribution >= 4 is 11.9 Å². The molecule has 132 valence electrons. The molecule has 0 bridgehead atoms. The molecule has 1 N–H and O–H groups in total. The number of carbonyl (C=O) groups excluding carboxylic acids is 1. The monoisotopic (exact) mass is 343 g/mol. The van der Waals surface area contributed by atoms with Crippen molar-refractivity contribution in [2.45, 2.75) is 32.9 Å². The lowest BCUT2D eigenvalue weighted by atomic mass is 9.98. The zero-order chi connectivity index (χ0) is 18.1. The SMILES string of the molecule is Cc1ccc(C)c(C2CN(C(=O)c3cc(C(=O)O)co3)C(C)CO2)c1. The molecule has 6 nitrogen and oxygen atoms in total. The summed E-state index contributed by atoms with van der Waals surface area (Å²) in [5.74, 6) is -1.41. The molecule has 1 aromatic heterocycles. The first-order valence-electron chi connectivity index (χ1n) is 8.18. The van der Waals surface area contributed by atoms with Gasteiger partial charge in [-0.05, 0) is 31.9 Å². The number of amides is 1. The van der Waals surface area contributed by atoms with Crippen LogP contribution in [-0.4, -0.2) is 41.1 Å². The minimum Gasteiger partial charge on any atom is -0.478 e. The van der Waals surface area contributed by atoms with Crippen LogP contribution in [0.15, 0.2) is 34.9 Å². The summed E-state index contributed by atoms with van der Waals surface area (Å²) in [6.07, 6.45) is 0.872. The summed E-state index contributed by atoms with van der Waals surface area (Å²) in [7, 11) is 0. The van der Waals surface area contributed by atoms with E-state index < -0.39 is 5.97 Å². The maximum Gasteiger partial charge on any atom is 0.338 e. The molecule has 0 aliphatic carbocycles. The standard InChI is InChI=1S/C19H21NO5/c1-11-4-5-12(2)15(6-11)17-8-20(13(3)9-24-17)18(21)16-7-14(10-25-16)19(22)23/h4-7,10,13,17H,8-9H2,1-3H3,(H,22,23). The highest BCUT2D eigenvalue weighted by Gasteiger charge is 2.33. The van der Waals surface area contributed by atoms with Crippen LogP contribution >= 0.6 is 0 Å². The first-order chi connectivity index (χ1) is 11.9. The summed E-state index contributed by atoms with van der Waals surface area (Å²) in [5.41, 5.74) is 3.28. The van der Waals surface area contributed by atoms with Crippen LogP contribution in [0.3, 0.4) is 0 Å². The Hall–Kier alpha value is -2.60. The summed E-state index contributed by atoms with van der Waals surface area (Å²) in [6.45, 7) is 6.75. The summed E-state index contributed by atoms with van der Waals surface area (Å²) < 4.78 is 11.1. The van der Waals surface area contributed by atoms with E-state index in [0.29, 0.717) is 13.2 Å². The number of benzene rings is 1. The summed E-state index contributed by atoms with van der Waals surface area (Å²) in [4.78, 5) is 25.4. The molecular weight excluding hydrogens is 322 g/mol. The molecule has 2 unspecified atom stereocenters. The molecule has 2 aromatic rings. The Morgan fingerprint density at radius 1 is 1.24 bits per heavy atom. The Morgan fingerprint density at radius 2 is 2.00 bits per heavy atom. The molecule has 1 fully saturated rings. The zero-order valence-corrected chi connectivity index (χ0v) is 14.5. The molecule has 0 spiro atoms. The van der Waals surface area contributed by atoms with Gasteiger partial charge in [0.05, 0.1) is 24.8 Å². The average Bonchev–Trinajstić information content (AvgIpc) is 3.07. The van der Waals surface area contributed by atoms with E-state index in [1.165, 1.54) is 6.07 Å². The molecule has 0 saturated carbocycles. The lowest BCUT2D eigenvalue weighted by molar-refractivity contribution is -0.0497. The van der Waals surface area contributed by atoms with Gasteiger partial charge in [-0.3, -0.25) is 4.79 Å². The van der Waals surface area contributed by atoms with Crippen LogP contribution in [0.5, 0.6) is 0 Å². The van der Waals surface area contributed by atoms with Crippen LogP contribution in [0.25, 0.3) is 0 Å². The largest absolute Gasteiger partial charge is 0.478 e. The molecule has 2 heterocycles. The first-order valence-corrected chi connectivity index (χ1v) is 8.18. The van der Waals surface area contributed by atoms with Crippen molar-refractivity contribution in [3.8, 4) is 0 Å². The van der Waals surface area contributed by atoms with Crippen molar-refractivity contribution in [3.05, 3.63) is 58.5 Å². The van der Waals surface area contributed by atoms with Crippen LogP contribution < -0.4 is 0 Å². The second-order valence-electron chi connectivity index (χ2n) is 6.49. The van der Waals surface area contributed by atoms with Gasteiger partial charge in [-0.2, -0.15) is 0 Å². The van der Waals surface area contributed by atoms with Gasteiger partial charge in [0.15, 0.2) is 5.76 Å². The molecule has 2 atom stereocenters. The predicted octanol–water partition coefficient (Wildman–Crippen LogP) is 3.20. The molecule has 0 radical (unpaired) electrons. The van der Waals surface area contributed by atoms with Crippen LogP contribution in [0, 0.1) is 13.8 Å². The summed E-state index contributed by atoms with van der Waals surface area (Å²) in [6, 6.07) is 7.31. The van der Waals surface area contributed by atoms with Gasteiger partial charge in [-0.25, -0.2) is 4.79 Å². The smallest absolute Gasteiger partial charge is 0.338 e. The van der Waals surface area contributed by atoms with E-state index in [4.69, 9.17) is 14.3 Å². The van der Waals surface area contributed by atoms with Gasteiger partial charge in [0, 0.05) is 6.07 Å². The molecule has 1 amide bonds. The lowest BCUT2D eigenvalue weighted by Crippen LogP contribution is -2.48. The lowest BCUT2D eigenvalue weighted by Gasteiger charge is -2.38. The van der Waals surface area contributed by atoms with Gasteiger partial charge in [-0.15, -0.1) is 0 Å². The van der Waals surface area contributed by atoms with Crippen molar-refractivity contribution < 1.29 is 23.8 Å². The number of aromatic carboxylic acids is 1. The molecule has 6 heteroatoms. The summed E-state index contributed by atoms with van der Waals surface area (Å²) in [5, 5.41) is 8.98. The molecule has 25 heavy (non-hydrogen) atoms. The fourth-order valence-electron chi connectivity index (χ4n) is 3.04. The number of nitrogens with zero attached hydrogens (tertiary/aromatic N) is 1. The normalized spacial score (nSPS) is 20.5. The van der Waals surface area contributed by atoms with Gasteiger partial charge in [0.25, 0.3) is 5.91 Å². The third-order valence-corrected chi connectivity index (χ3v) is 4.53. The molecule has 1 aliphatic rings. The third-order valence-electron chi connectivity index (χ3n) is 4.53. The molecule has 1 aromatic carbocycles. The highest BCUT2D eigenvalue weighted by Crippen LogP contribution is 2.29. The number of ether oxygens (including phenoxy) is 1. The summed E-state index contributed by atoms with van der Waals surface area (Å²) >= 11 is 0. The molecule has 1 saturated heterocycles. The maximum atomic E-state index is 12.8.